The Kier molecular flexibility index (Phi) is 12.5. The van der Waals surface area contributed by atoms with Gasteiger partial charge in [-0.2, -0.15) is 0 Å². The Labute approximate surface area is 239 Å². The normalized spacial score (nSPS) is 13.1. The zero-order chi connectivity index (χ0) is 28.5. The molecule has 0 spiro atoms. The lowest BCUT2D eigenvalue weighted by molar-refractivity contribution is -0.152. The molecule has 0 radical (unpaired) electrons. The first-order valence-corrected chi connectivity index (χ1v) is 13.5. The van der Waals surface area contributed by atoms with E-state index in [9.17, 15) is 9.59 Å². The van der Waals surface area contributed by atoms with Crippen LogP contribution in [0.15, 0.2) is 36.4 Å². The Bertz CT molecular complexity index is 1050. The molecule has 0 fully saturated rings. The van der Waals surface area contributed by atoms with Crippen molar-refractivity contribution in [3.8, 4) is 11.5 Å². The number of esters is 2. The van der Waals surface area contributed by atoms with E-state index in [1.165, 1.54) is 13.8 Å². The molecule has 0 heterocycles. The molecular weight excluding hydrogens is 555 g/mol. The van der Waals surface area contributed by atoms with Gasteiger partial charge in [0.2, 0.25) is 0 Å². The quantitative estimate of drug-likeness (QED) is 0.181. The number of ether oxygens (including phenoxy) is 5. The molecule has 0 aliphatic rings. The summed E-state index contributed by atoms with van der Waals surface area (Å²) in [6.45, 7) is 11.0. The van der Waals surface area contributed by atoms with Gasteiger partial charge in [0.25, 0.3) is 0 Å². The third-order valence-electron chi connectivity index (χ3n) is 5.60. The molecule has 0 aliphatic carbocycles. The van der Waals surface area contributed by atoms with Crippen LogP contribution in [-0.2, 0) is 29.2 Å². The number of halogens is 3. The minimum atomic E-state index is -0.620. The molecule has 2 atom stereocenters. The van der Waals surface area contributed by atoms with Crippen molar-refractivity contribution in [2.45, 2.75) is 65.3 Å². The first-order valence-electron chi connectivity index (χ1n) is 12.2. The van der Waals surface area contributed by atoms with Crippen LogP contribution < -0.4 is 9.47 Å². The molecule has 0 saturated heterocycles. The predicted molar refractivity (Wildman–Crippen MR) is 149 cm³/mol. The summed E-state index contributed by atoms with van der Waals surface area (Å²) < 4.78 is 27.5. The zero-order valence-corrected chi connectivity index (χ0v) is 24.8. The van der Waals surface area contributed by atoms with Gasteiger partial charge < -0.3 is 23.7 Å². The van der Waals surface area contributed by atoms with E-state index in [-0.39, 0.29) is 37.8 Å². The van der Waals surface area contributed by atoms with Gasteiger partial charge in [0.05, 0.1) is 28.6 Å². The maximum absolute atomic E-state index is 11.4. The summed E-state index contributed by atoms with van der Waals surface area (Å²) in [5, 5.41) is 0.661. The largest absolute Gasteiger partial charge is 0.490 e. The van der Waals surface area contributed by atoms with Crippen LogP contribution in [0, 0.1) is 0 Å². The zero-order valence-electron chi connectivity index (χ0n) is 22.5. The van der Waals surface area contributed by atoms with Crippen molar-refractivity contribution in [2.75, 3.05) is 25.7 Å². The number of rotatable bonds is 14. The maximum Gasteiger partial charge on any atom is 0.303 e. The van der Waals surface area contributed by atoms with Gasteiger partial charge in [-0.05, 0) is 49.2 Å². The number of benzene rings is 2. The molecule has 0 N–H and O–H groups in total. The molecule has 0 unspecified atom stereocenters. The molecule has 0 amide bonds. The van der Waals surface area contributed by atoms with Crippen LogP contribution >= 0.6 is 34.8 Å². The molecule has 2 aromatic carbocycles. The molecule has 2 aromatic rings. The number of carbonyl (C=O) groups excluding carboxylic acids is 2. The Morgan fingerprint density at radius 2 is 1.34 bits per heavy atom. The van der Waals surface area contributed by atoms with Crippen LogP contribution in [0.3, 0.4) is 0 Å². The summed E-state index contributed by atoms with van der Waals surface area (Å²) in [6, 6.07) is 11.2. The second-order valence-corrected chi connectivity index (χ2v) is 10.7. The summed E-state index contributed by atoms with van der Waals surface area (Å²) in [7, 11) is 0. The summed E-state index contributed by atoms with van der Waals surface area (Å²) in [6.07, 6.45) is -1.12. The minimum absolute atomic E-state index is 0.0144. The summed E-state index contributed by atoms with van der Waals surface area (Å²) >= 11 is 18.9. The van der Waals surface area contributed by atoms with E-state index in [1.807, 2.05) is 38.1 Å². The van der Waals surface area contributed by atoms with Crippen LogP contribution in [0.2, 0.25) is 10.0 Å². The lowest BCUT2D eigenvalue weighted by Crippen LogP contribution is -2.30. The second kappa shape index (κ2) is 14.8. The number of hydrogen-bond donors (Lipinski definition) is 0. The van der Waals surface area contributed by atoms with Gasteiger partial charge in [0.15, 0.2) is 11.9 Å². The highest BCUT2D eigenvalue weighted by Gasteiger charge is 2.26. The second-order valence-electron chi connectivity index (χ2n) is 9.54. The van der Waals surface area contributed by atoms with Crippen LogP contribution in [0.1, 0.15) is 52.7 Å². The summed E-state index contributed by atoms with van der Waals surface area (Å²) in [5.74, 6) is 0.167. The van der Waals surface area contributed by atoms with E-state index in [0.29, 0.717) is 21.5 Å². The lowest BCUT2D eigenvalue weighted by Gasteiger charge is -2.27. The van der Waals surface area contributed by atoms with Gasteiger partial charge in [0, 0.05) is 19.3 Å². The molecule has 2 rings (SSSR count). The average molecular weight is 590 g/mol. The van der Waals surface area contributed by atoms with E-state index in [1.54, 1.807) is 12.1 Å². The fourth-order valence-corrected chi connectivity index (χ4v) is 4.30. The molecular formula is C28H35Cl3O7. The van der Waals surface area contributed by atoms with E-state index in [2.05, 4.69) is 13.8 Å². The van der Waals surface area contributed by atoms with Gasteiger partial charge in [-0.3, -0.25) is 9.59 Å². The third-order valence-corrected chi connectivity index (χ3v) is 6.50. The Hall–Kier alpha value is -2.19. The first kappa shape index (κ1) is 32.0. The van der Waals surface area contributed by atoms with Gasteiger partial charge >= 0.3 is 11.9 Å². The monoisotopic (exact) mass is 588 g/mol. The van der Waals surface area contributed by atoms with Gasteiger partial charge in [0.1, 0.15) is 25.1 Å². The van der Waals surface area contributed by atoms with Crippen molar-refractivity contribution in [3.63, 3.8) is 0 Å². The van der Waals surface area contributed by atoms with Gasteiger partial charge in [-0.1, -0.05) is 49.2 Å². The summed E-state index contributed by atoms with van der Waals surface area (Å²) in [4.78, 5) is 22.6. The van der Waals surface area contributed by atoms with Crippen LogP contribution in [0.25, 0.3) is 0 Å². The molecule has 7 nitrogen and oxygen atoms in total. The highest BCUT2D eigenvalue weighted by Crippen LogP contribution is 2.40. The van der Waals surface area contributed by atoms with E-state index >= 15 is 0 Å². The highest BCUT2D eigenvalue weighted by molar-refractivity contribution is 6.37. The Balaban J connectivity index is 2.12. The van der Waals surface area contributed by atoms with Crippen molar-refractivity contribution in [1.29, 1.82) is 0 Å². The molecule has 0 saturated carbocycles. The maximum atomic E-state index is 11.4. The van der Waals surface area contributed by atoms with E-state index in [4.69, 9.17) is 58.5 Å². The van der Waals surface area contributed by atoms with Crippen LogP contribution in [-0.4, -0.2) is 56.0 Å². The molecule has 210 valence electrons. The fraction of sp³-hybridized carbons (Fsp3) is 0.500. The molecule has 0 bridgehead atoms. The smallest absolute Gasteiger partial charge is 0.303 e. The van der Waals surface area contributed by atoms with Crippen molar-refractivity contribution < 1.29 is 33.3 Å². The van der Waals surface area contributed by atoms with Crippen molar-refractivity contribution in [3.05, 3.63) is 57.6 Å². The minimum Gasteiger partial charge on any atom is -0.490 e. The molecule has 0 aliphatic heterocycles. The van der Waals surface area contributed by atoms with Gasteiger partial charge in [-0.15, -0.1) is 11.6 Å². The molecule has 0 aromatic heterocycles. The molecule has 10 heteroatoms. The first-order chi connectivity index (χ1) is 17.8. The average Bonchev–Trinajstić information content (AvgIpc) is 2.83. The van der Waals surface area contributed by atoms with E-state index < -0.39 is 23.6 Å². The standard InChI is InChI=1S/C28H35Cl3O7/c1-17(2)34-15-24(38-19(4)33)16-35-22-9-7-20(8-10-22)28(5,6)21-11-25(30)27(26(31)12-21)36-14-23(13-29)37-18(3)32/h7-12,17,23-24H,13-16H2,1-6H3/t23-,24-/m1/s1. The lowest BCUT2D eigenvalue weighted by atomic mass is 9.78. The van der Waals surface area contributed by atoms with Crippen LogP contribution in [0.4, 0.5) is 0 Å². The van der Waals surface area contributed by atoms with Crippen molar-refractivity contribution >= 4 is 46.7 Å². The number of alkyl halides is 1. The number of carbonyl (C=O) groups is 2. The SMILES string of the molecule is CC(=O)O[C@H](CCl)COc1c(Cl)cc(C(C)(C)c2ccc(OC[C@@H](COC(C)C)OC(C)=O)cc2)cc1Cl. The summed E-state index contributed by atoms with van der Waals surface area (Å²) in [5.41, 5.74) is 1.43. The van der Waals surface area contributed by atoms with Crippen molar-refractivity contribution in [2.24, 2.45) is 0 Å². The van der Waals surface area contributed by atoms with Crippen LogP contribution in [0.5, 0.6) is 11.5 Å². The predicted octanol–water partition coefficient (Wildman–Crippen LogP) is 6.60. The number of hydrogen-bond acceptors (Lipinski definition) is 7. The highest BCUT2D eigenvalue weighted by atomic mass is 35.5. The third kappa shape index (κ3) is 9.84. The van der Waals surface area contributed by atoms with Crippen molar-refractivity contribution in [1.82, 2.24) is 0 Å². The fourth-order valence-electron chi connectivity index (χ4n) is 3.55. The van der Waals surface area contributed by atoms with E-state index in [0.717, 1.165) is 11.1 Å². The Morgan fingerprint density at radius 1 is 0.816 bits per heavy atom. The Morgan fingerprint density at radius 3 is 1.84 bits per heavy atom. The topological polar surface area (TPSA) is 80.3 Å². The molecule has 38 heavy (non-hydrogen) atoms. The van der Waals surface area contributed by atoms with Gasteiger partial charge in [-0.25, -0.2) is 0 Å².